The van der Waals surface area contributed by atoms with Gasteiger partial charge < -0.3 is 10.6 Å². The summed E-state index contributed by atoms with van der Waals surface area (Å²) in [5.74, 6) is 2.14. The van der Waals surface area contributed by atoms with Crippen LogP contribution in [0, 0.1) is 19.8 Å². The second kappa shape index (κ2) is 8.00. The molecule has 1 atom stereocenters. The smallest absolute Gasteiger partial charge is 0.222 e. The van der Waals surface area contributed by atoms with Gasteiger partial charge in [-0.3, -0.25) is 4.79 Å². The Bertz CT molecular complexity index is 1030. The van der Waals surface area contributed by atoms with Gasteiger partial charge in [0.15, 0.2) is 0 Å². The molecule has 4 rings (SSSR count). The van der Waals surface area contributed by atoms with Gasteiger partial charge in [0.25, 0.3) is 0 Å². The molecule has 5 nitrogen and oxygen atoms in total. The number of halogens is 1. The van der Waals surface area contributed by atoms with Crippen LogP contribution in [0.4, 0.5) is 5.82 Å². The van der Waals surface area contributed by atoms with Crippen LogP contribution in [0.25, 0.3) is 10.2 Å². The molecule has 3 aromatic rings. The number of thioether (sulfide) groups is 1. The quantitative estimate of drug-likeness (QED) is 0.541. The Hall–Kier alpha value is -1.64. The van der Waals surface area contributed by atoms with Crippen LogP contribution in [0.1, 0.15) is 22.7 Å². The van der Waals surface area contributed by atoms with Gasteiger partial charge in [-0.1, -0.05) is 15.9 Å². The average Bonchev–Trinajstić information content (AvgIpc) is 3.27. The summed E-state index contributed by atoms with van der Waals surface area (Å²) in [7, 11) is 0. The molecule has 1 unspecified atom stereocenters. The van der Waals surface area contributed by atoms with E-state index in [0.717, 1.165) is 39.3 Å². The van der Waals surface area contributed by atoms with E-state index < -0.39 is 0 Å². The maximum absolute atomic E-state index is 11.6. The van der Waals surface area contributed by atoms with Crippen LogP contribution in [0.5, 0.6) is 0 Å². The minimum absolute atomic E-state index is 0.106. The molecule has 1 amide bonds. The number of amides is 1. The highest BCUT2D eigenvalue weighted by Gasteiger charge is 2.29. The number of nitrogens with two attached hydrogens (primary N) is 1. The summed E-state index contributed by atoms with van der Waals surface area (Å²) >= 11 is 6.91. The van der Waals surface area contributed by atoms with Crippen molar-refractivity contribution in [2.24, 2.45) is 11.7 Å². The number of fused-ring (bicyclic) bond motifs is 1. The lowest BCUT2D eigenvalue weighted by molar-refractivity contribution is -0.121. The maximum atomic E-state index is 11.6. The van der Waals surface area contributed by atoms with Crippen molar-refractivity contribution in [2.45, 2.75) is 30.9 Å². The Morgan fingerprint density at radius 2 is 2.07 bits per heavy atom. The number of hydrogen-bond acceptors (Lipinski definition) is 6. The third-order valence-corrected chi connectivity index (χ3v) is 7.77. The molecule has 0 bridgehead atoms. The van der Waals surface area contributed by atoms with E-state index in [1.165, 1.54) is 15.3 Å². The zero-order valence-electron chi connectivity index (χ0n) is 15.7. The van der Waals surface area contributed by atoms with Crippen LogP contribution in [-0.2, 0) is 10.5 Å². The van der Waals surface area contributed by atoms with Crippen LogP contribution < -0.4 is 10.6 Å². The molecule has 0 spiro atoms. The van der Waals surface area contributed by atoms with Crippen LogP contribution in [0.15, 0.2) is 33.6 Å². The van der Waals surface area contributed by atoms with E-state index in [4.69, 9.17) is 15.7 Å². The molecule has 0 aliphatic carbocycles. The van der Waals surface area contributed by atoms with E-state index in [1.807, 2.05) is 12.1 Å². The molecule has 8 heteroatoms. The SMILES string of the molecule is Cc1sc2nc(CSc3ccc(Br)cc3)nc(N3CCC(C(N)=O)C3)c2c1C. The number of benzene rings is 1. The molecule has 146 valence electrons. The van der Waals surface area contributed by atoms with Crippen molar-refractivity contribution in [1.29, 1.82) is 0 Å². The van der Waals surface area contributed by atoms with E-state index in [1.54, 1.807) is 23.1 Å². The van der Waals surface area contributed by atoms with Gasteiger partial charge in [0, 0.05) is 27.3 Å². The first-order valence-electron chi connectivity index (χ1n) is 9.11. The van der Waals surface area contributed by atoms with Crippen LogP contribution in [0.2, 0.25) is 0 Å². The van der Waals surface area contributed by atoms with Crippen molar-refractivity contribution < 1.29 is 4.79 Å². The molecule has 3 heterocycles. The standard InChI is InChI=1S/C20H21BrN4OS2/c1-11-12(2)28-20-17(11)19(25-8-7-13(9-25)18(22)26)23-16(24-20)10-27-15-5-3-14(21)4-6-15/h3-6,13H,7-10H2,1-2H3,(H2,22,26). The minimum atomic E-state index is -0.225. The van der Waals surface area contributed by atoms with Gasteiger partial charge in [0.2, 0.25) is 5.91 Å². The van der Waals surface area contributed by atoms with Crippen molar-refractivity contribution >= 4 is 61.0 Å². The Morgan fingerprint density at radius 1 is 1.32 bits per heavy atom. The minimum Gasteiger partial charge on any atom is -0.369 e. The predicted octanol–water partition coefficient (Wildman–Crippen LogP) is 4.67. The monoisotopic (exact) mass is 476 g/mol. The van der Waals surface area contributed by atoms with E-state index >= 15 is 0 Å². The zero-order chi connectivity index (χ0) is 19.8. The Morgan fingerprint density at radius 3 is 2.75 bits per heavy atom. The molecule has 1 aliphatic rings. The number of thiophene rings is 1. The fourth-order valence-corrected chi connectivity index (χ4v) is 5.49. The molecule has 1 aromatic carbocycles. The molecule has 28 heavy (non-hydrogen) atoms. The van der Waals surface area contributed by atoms with Gasteiger partial charge in [0.05, 0.1) is 17.1 Å². The molecular formula is C20H21BrN4OS2. The molecular weight excluding hydrogens is 456 g/mol. The Kier molecular flexibility index (Phi) is 5.62. The second-order valence-corrected chi connectivity index (χ2v) is 10.2. The van der Waals surface area contributed by atoms with Gasteiger partial charge in [-0.25, -0.2) is 9.97 Å². The Labute approximate surface area is 180 Å². The summed E-state index contributed by atoms with van der Waals surface area (Å²) in [6.07, 6.45) is 0.784. The summed E-state index contributed by atoms with van der Waals surface area (Å²) in [4.78, 5) is 27.0. The summed E-state index contributed by atoms with van der Waals surface area (Å²) in [5, 5.41) is 1.12. The third-order valence-electron chi connectivity index (χ3n) is 5.13. The van der Waals surface area contributed by atoms with E-state index in [2.05, 4.69) is 46.8 Å². The Balaban J connectivity index is 1.66. The van der Waals surface area contributed by atoms with Gasteiger partial charge in [-0.05, 0) is 50.1 Å². The first-order chi connectivity index (χ1) is 13.4. The molecule has 1 fully saturated rings. The number of carbonyl (C=O) groups is 1. The fourth-order valence-electron chi connectivity index (χ4n) is 3.43. The van der Waals surface area contributed by atoms with Crippen molar-refractivity contribution in [2.75, 3.05) is 18.0 Å². The highest BCUT2D eigenvalue weighted by molar-refractivity contribution is 9.10. The highest BCUT2D eigenvalue weighted by atomic mass is 79.9. The number of aromatic nitrogens is 2. The first kappa shape index (κ1) is 19.7. The molecule has 1 aliphatic heterocycles. The van der Waals surface area contributed by atoms with Crippen molar-refractivity contribution in [3.05, 3.63) is 45.0 Å². The lowest BCUT2D eigenvalue weighted by atomic mass is 10.1. The van der Waals surface area contributed by atoms with Crippen LogP contribution in [-0.4, -0.2) is 29.0 Å². The molecule has 2 N–H and O–H groups in total. The topological polar surface area (TPSA) is 72.1 Å². The number of aryl methyl sites for hydroxylation is 2. The van der Waals surface area contributed by atoms with Crippen molar-refractivity contribution in [1.82, 2.24) is 9.97 Å². The number of hydrogen-bond donors (Lipinski definition) is 1. The lowest BCUT2D eigenvalue weighted by Gasteiger charge is -2.19. The first-order valence-corrected chi connectivity index (χ1v) is 11.7. The van der Waals surface area contributed by atoms with E-state index in [0.29, 0.717) is 12.3 Å². The fraction of sp³-hybridized carbons (Fsp3) is 0.350. The number of primary amides is 1. The number of carbonyl (C=O) groups excluding carboxylic acids is 1. The summed E-state index contributed by atoms with van der Waals surface area (Å²) < 4.78 is 1.07. The molecule has 2 aromatic heterocycles. The number of rotatable bonds is 5. The normalized spacial score (nSPS) is 16.8. The van der Waals surface area contributed by atoms with Gasteiger partial charge in [-0.15, -0.1) is 23.1 Å². The highest BCUT2D eigenvalue weighted by Crippen LogP contribution is 2.37. The molecule has 0 radical (unpaired) electrons. The van der Waals surface area contributed by atoms with E-state index in [-0.39, 0.29) is 11.8 Å². The third kappa shape index (κ3) is 3.90. The van der Waals surface area contributed by atoms with Crippen LogP contribution >= 0.6 is 39.0 Å². The lowest BCUT2D eigenvalue weighted by Crippen LogP contribution is -2.28. The van der Waals surface area contributed by atoms with Crippen molar-refractivity contribution in [3.8, 4) is 0 Å². The second-order valence-electron chi connectivity index (χ2n) is 7.00. The average molecular weight is 477 g/mol. The van der Waals surface area contributed by atoms with Gasteiger partial charge >= 0.3 is 0 Å². The van der Waals surface area contributed by atoms with Crippen LogP contribution in [0.3, 0.4) is 0 Å². The van der Waals surface area contributed by atoms with Gasteiger partial charge in [-0.2, -0.15) is 0 Å². The summed E-state index contributed by atoms with van der Waals surface area (Å²) in [5.41, 5.74) is 6.76. The number of nitrogens with zero attached hydrogens (tertiary/aromatic N) is 3. The van der Waals surface area contributed by atoms with Crippen molar-refractivity contribution in [3.63, 3.8) is 0 Å². The molecule has 1 saturated heterocycles. The zero-order valence-corrected chi connectivity index (χ0v) is 19.0. The predicted molar refractivity (Wildman–Crippen MR) is 120 cm³/mol. The summed E-state index contributed by atoms with van der Waals surface area (Å²) in [6, 6.07) is 8.26. The molecule has 0 saturated carbocycles. The summed E-state index contributed by atoms with van der Waals surface area (Å²) in [6.45, 7) is 5.68. The largest absolute Gasteiger partial charge is 0.369 e. The van der Waals surface area contributed by atoms with Gasteiger partial charge in [0.1, 0.15) is 16.5 Å². The number of anilines is 1. The maximum Gasteiger partial charge on any atom is 0.222 e. The van der Waals surface area contributed by atoms with E-state index in [9.17, 15) is 4.79 Å².